The van der Waals surface area contributed by atoms with E-state index in [2.05, 4.69) is 4.98 Å². The lowest BCUT2D eigenvalue weighted by Crippen LogP contribution is -2.36. The topological polar surface area (TPSA) is 75.4 Å². The first kappa shape index (κ1) is 15.7. The van der Waals surface area contributed by atoms with Gasteiger partial charge in [-0.1, -0.05) is 12.1 Å². The minimum atomic E-state index is -0.119. The van der Waals surface area contributed by atoms with Crippen LogP contribution in [0.4, 0.5) is 0 Å². The number of hydrogen-bond acceptors (Lipinski definition) is 4. The lowest BCUT2D eigenvalue weighted by Gasteiger charge is -2.21. The predicted octanol–water partition coefficient (Wildman–Crippen LogP) is 1.08. The summed E-state index contributed by atoms with van der Waals surface area (Å²) in [5.41, 5.74) is 1.55. The highest BCUT2D eigenvalue weighted by atomic mass is 16.3. The number of carbonyl (C=O) groups is 1. The van der Waals surface area contributed by atoms with Crippen molar-refractivity contribution in [3.8, 4) is 0 Å². The van der Waals surface area contributed by atoms with E-state index in [1.807, 2.05) is 19.1 Å². The van der Waals surface area contributed by atoms with E-state index in [0.29, 0.717) is 24.0 Å². The number of aliphatic hydroxyl groups excluding tert-OH is 1. The van der Waals surface area contributed by atoms with Crippen molar-refractivity contribution in [2.45, 2.75) is 38.8 Å². The Bertz CT molecular complexity index is 780. The summed E-state index contributed by atoms with van der Waals surface area (Å²) in [7, 11) is 0. The molecule has 1 saturated carbocycles. The molecule has 1 aliphatic rings. The smallest absolute Gasteiger partial charge is 0.261 e. The Kier molecular flexibility index (Phi) is 4.43. The molecule has 3 rings (SSSR count). The number of nitrogens with zero attached hydrogens (tertiary/aromatic N) is 3. The molecule has 6 heteroatoms. The van der Waals surface area contributed by atoms with Crippen LogP contribution in [0.15, 0.2) is 29.3 Å². The molecule has 0 radical (unpaired) electrons. The number of fused-ring (bicyclic) bond motifs is 1. The number of aromatic nitrogens is 2. The van der Waals surface area contributed by atoms with Crippen molar-refractivity contribution in [3.63, 3.8) is 0 Å². The standard InChI is InChI=1S/C17H21N3O3/c1-12-3-2-4-14-16(12)18-11-19(17(14)23)8-7-15(22)20(9-10-21)13-5-6-13/h2-4,11,13,21H,5-10H2,1H3. The zero-order chi connectivity index (χ0) is 16.4. The molecule has 0 aliphatic heterocycles. The van der Waals surface area contributed by atoms with Gasteiger partial charge in [0.2, 0.25) is 5.91 Å². The van der Waals surface area contributed by atoms with Gasteiger partial charge in [-0.25, -0.2) is 4.98 Å². The number of amides is 1. The number of carbonyl (C=O) groups excluding carboxylic acids is 1. The molecule has 1 aromatic heterocycles. The fraction of sp³-hybridized carbons (Fsp3) is 0.471. The van der Waals surface area contributed by atoms with Gasteiger partial charge in [0.15, 0.2) is 0 Å². The van der Waals surface area contributed by atoms with E-state index in [-0.39, 0.29) is 30.5 Å². The van der Waals surface area contributed by atoms with E-state index < -0.39 is 0 Å². The molecule has 1 N–H and O–H groups in total. The van der Waals surface area contributed by atoms with Crippen LogP contribution in [0.1, 0.15) is 24.8 Å². The molecule has 1 aromatic carbocycles. The molecular formula is C17H21N3O3. The van der Waals surface area contributed by atoms with Crippen LogP contribution >= 0.6 is 0 Å². The van der Waals surface area contributed by atoms with E-state index in [1.165, 1.54) is 10.9 Å². The zero-order valence-corrected chi connectivity index (χ0v) is 13.2. The van der Waals surface area contributed by atoms with E-state index in [1.54, 1.807) is 11.0 Å². The summed E-state index contributed by atoms with van der Waals surface area (Å²) in [6.45, 7) is 2.57. The minimum absolute atomic E-state index is 0.0159. The molecule has 1 heterocycles. The Hall–Kier alpha value is -2.21. The molecule has 0 spiro atoms. The van der Waals surface area contributed by atoms with Gasteiger partial charge in [-0.3, -0.25) is 14.2 Å². The molecule has 0 unspecified atom stereocenters. The largest absolute Gasteiger partial charge is 0.395 e. The number of aliphatic hydroxyl groups is 1. The van der Waals surface area contributed by atoms with Crippen molar-refractivity contribution in [1.29, 1.82) is 0 Å². The van der Waals surface area contributed by atoms with Crippen molar-refractivity contribution in [2.75, 3.05) is 13.2 Å². The van der Waals surface area contributed by atoms with Gasteiger partial charge >= 0.3 is 0 Å². The molecule has 1 aliphatic carbocycles. The van der Waals surface area contributed by atoms with Crippen molar-refractivity contribution in [1.82, 2.24) is 14.5 Å². The second-order valence-electron chi connectivity index (χ2n) is 6.01. The van der Waals surface area contributed by atoms with Gasteiger partial charge < -0.3 is 10.0 Å². The molecule has 0 saturated heterocycles. The van der Waals surface area contributed by atoms with Crippen LogP contribution in [0.25, 0.3) is 10.9 Å². The molecule has 0 atom stereocenters. The van der Waals surface area contributed by atoms with Crippen LogP contribution in [-0.4, -0.2) is 44.7 Å². The third-order valence-corrected chi connectivity index (χ3v) is 4.27. The van der Waals surface area contributed by atoms with Gasteiger partial charge in [0, 0.05) is 25.6 Å². The molecule has 0 bridgehead atoms. The predicted molar refractivity (Wildman–Crippen MR) is 87.2 cm³/mol. The second kappa shape index (κ2) is 6.50. The highest BCUT2D eigenvalue weighted by Crippen LogP contribution is 2.27. The monoisotopic (exact) mass is 315 g/mol. The summed E-state index contributed by atoms with van der Waals surface area (Å²) in [4.78, 5) is 30.9. The van der Waals surface area contributed by atoms with Crippen LogP contribution in [0.3, 0.4) is 0 Å². The molecular weight excluding hydrogens is 294 g/mol. The molecule has 6 nitrogen and oxygen atoms in total. The Labute approximate surface area is 134 Å². The Morgan fingerprint density at radius 2 is 2.22 bits per heavy atom. The summed E-state index contributed by atoms with van der Waals surface area (Å²) < 4.78 is 1.49. The summed E-state index contributed by atoms with van der Waals surface area (Å²) in [6.07, 6.45) is 3.76. The highest BCUT2D eigenvalue weighted by molar-refractivity contribution is 5.80. The van der Waals surface area contributed by atoms with Crippen LogP contribution in [0.5, 0.6) is 0 Å². The van der Waals surface area contributed by atoms with Crippen LogP contribution < -0.4 is 5.56 Å². The first-order valence-corrected chi connectivity index (χ1v) is 7.97. The third-order valence-electron chi connectivity index (χ3n) is 4.27. The first-order chi connectivity index (χ1) is 11.1. The van der Waals surface area contributed by atoms with E-state index >= 15 is 0 Å². The fourth-order valence-corrected chi connectivity index (χ4v) is 2.86. The maximum Gasteiger partial charge on any atom is 0.261 e. The van der Waals surface area contributed by atoms with E-state index in [9.17, 15) is 9.59 Å². The van der Waals surface area contributed by atoms with Gasteiger partial charge in [0.1, 0.15) is 0 Å². The first-order valence-electron chi connectivity index (χ1n) is 7.97. The van der Waals surface area contributed by atoms with Crippen LogP contribution in [0, 0.1) is 6.92 Å². The van der Waals surface area contributed by atoms with Gasteiger partial charge in [-0.2, -0.15) is 0 Å². The summed E-state index contributed by atoms with van der Waals surface area (Å²) in [5.74, 6) is -0.0159. The van der Waals surface area contributed by atoms with Crippen molar-refractivity contribution < 1.29 is 9.90 Å². The van der Waals surface area contributed by atoms with Gasteiger partial charge in [-0.05, 0) is 31.4 Å². The third kappa shape index (κ3) is 3.27. The maximum atomic E-state index is 12.5. The van der Waals surface area contributed by atoms with Crippen LogP contribution in [-0.2, 0) is 11.3 Å². The Morgan fingerprint density at radius 3 is 2.91 bits per heavy atom. The van der Waals surface area contributed by atoms with Crippen molar-refractivity contribution in [2.24, 2.45) is 0 Å². The van der Waals surface area contributed by atoms with Gasteiger partial charge in [0.25, 0.3) is 5.56 Å². The van der Waals surface area contributed by atoms with Crippen LogP contribution in [0.2, 0.25) is 0 Å². The molecule has 1 amide bonds. The molecule has 2 aromatic rings. The van der Waals surface area contributed by atoms with E-state index in [0.717, 1.165) is 18.4 Å². The van der Waals surface area contributed by atoms with E-state index in [4.69, 9.17) is 5.11 Å². The molecule has 23 heavy (non-hydrogen) atoms. The Balaban J connectivity index is 1.75. The Morgan fingerprint density at radius 1 is 1.43 bits per heavy atom. The van der Waals surface area contributed by atoms with Crippen molar-refractivity contribution in [3.05, 3.63) is 40.4 Å². The molecule has 122 valence electrons. The number of para-hydroxylation sites is 1. The zero-order valence-electron chi connectivity index (χ0n) is 13.2. The lowest BCUT2D eigenvalue weighted by molar-refractivity contribution is -0.132. The summed E-state index contributed by atoms with van der Waals surface area (Å²) in [6, 6.07) is 5.79. The SMILES string of the molecule is Cc1cccc2c(=O)n(CCC(=O)N(CCO)C3CC3)cnc12. The quantitative estimate of drug-likeness (QED) is 0.865. The van der Waals surface area contributed by atoms with Crippen molar-refractivity contribution >= 4 is 16.8 Å². The second-order valence-corrected chi connectivity index (χ2v) is 6.01. The number of aryl methyl sites for hydroxylation is 2. The minimum Gasteiger partial charge on any atom is -0.395 e. The van der Waals surface area contributed by atoms with Gasteiger partial charge in [-0.15, -0.1) is 0 Å². The normalized spacial score (nSPS) is 14.2. The fourth-order valence-electron chi connectivity index (χ4n) is 2.86. The summed E-state index contributed by atoms with van der Waals surface area (Å²) >= 11 is 0. The number of benzene rings is 1. The summed E-state index contributed by atoms with van der Waals surface area (Å²) in [5, 5.41) is 9.65. The molecule has 1 fully saturated rings. The maximum absolute atomic E-state index is 12.5. The average molecular weight is 315 g/mol. The highest BCUT2D eigenvalue weighted by Gasteiger charge is 2.31. The number of rotatable bonds is 6. The number of hydrogen-bond donors (Lipinski definition) is 1. The van der Waals surface area contributed by atoms with Gasteiger partial charge in [0.05, 0.1) is 23.8 Å². The lowest BCUT2D eigenvalue weighted by atomic mass is 10.1. The average Bonchev–Trinajstić information content (AvgIpc) is 3.37.